The van der Waals surface area contributed by atoms with E-state index in [2.05, 4.69) is 33.0 Å². The Balaban J connectivity index is 2.70. The summed E-state index contributed by atoms with van der Waals surface area (Å²) >= 11 is 0. The molecule has 2 atom stereocenters. The molecule has 1 fully saturated rings. The molecule has 0 bridgehead atoms. The first-order valence-corrected chi connectivity index (χ1v) is 4.42. The van der Waals surface area contributed by atoms with Gasteiger partial charge < -0.3 is 10.1 Å². The van der Waals surface area contributed by atoms with Crippen LogP contribution in [0.15, 0.2) is 0 Å². The molecule has 1 aliphatic rings. The Morgan fingerprint density at radius 3 is 2.42 bits per heavy atom. The molecule has 1 heterocycles. The van der Waals surface area contributed by atoms with Crippen LogP contribution in [0.1, 0.15) is 34.1 Å². The highest BCUT2D eigenvalue weighted by Crippen LogP contribution is 2.29. The molecule has 1 rings (SSSR count). The number of cyclic esters (lactones) is 1. The molecule has 12 heavy (non-hydrogen) atoms. The number of hydrogen-bond donors (Lipinski definition) is 1. The molecule has 1 amide bonds. The van der Waals surface area contributed by atoms with Gasteiger partial charge in [-0.2, -0.15) is 0 Å². The maximum Gasteiger partial charge on any atom is 0.407 e. The molecule has 1 saturated heterocycles. The van der Waals surface area contributed by atoms with Crippen molar-refractivity contribution in [3.05, 3.63) is 0 Å². The fourth-order valence-corrected chi connectivity index (χ4v) is 1.56. The van der Waals surface area contributed by atoms with Gasteiger partial charge in [0.05, 0.1) is 6.04 Å². The number of carbonyl (C=O) groups is 1. The van der Waals surface area contributed by atoms with Gasteiger partial charge in [-0.3, -0.25) is 0 Å². The summed E-state index contributed by atoms with van der Waals surface area (Å²) in [6.07, 6.45) is 0.657. The van der Waals surface area contributed by atoms with Gasteiger partial charge in [-0.1, -0.05) is 27.7 Å². The van der Waals surface area contributed by atoms with Crippen molar-refractivity contribution in [3.63, 3.8) is 0 Å². The van der Waals surface area contributed by atoms with Crippen LogP contribution in [0.5, 0.6) is 0 Å². The molecule has 70 valence electrons. The molecule has 0 aromatic heterocycles. The standard InChI is InChI=1S/C9H17NO2/c1-5-6-7(9(2,3)4)12-8(11)10-6/h6-7H,5H2,1-4H3,(H,10,11). The lowest BCUT2D eigenvalue weighted by molar-refractivity contribution is 0.0554. The van der Waals surface area contributed by atoms with Crippen LogP contribution < -0.4 is 5.32 Å². The molecule has 3 nitrogen and oxygen atoms in total. The lowest BCUT2D eigenvalue weighted by Crippen LogP contribution is -2.38. The van der Waals surface area contributed by atoms with E-state index in [0.717, 1.165) is 6.42 Å². The van der Waals surface area contributed by atoms with Gasteiger partial charge in [0.15, 0.2) is 0 Å². The van der Waals surface area contributed by atoms with Gasteiger partial charge >= 0.3 is 6.09 Å². The van der Waals surface area contributed by atoms with E-state index in [1.54, 1.807) is 0 Å². The largest absolute Gasteiger partial charge is 0.443 e. The minimum Gasteiger partial charge on any atom is -0.443 e. The summed E-state index contributed by atoms with van der Waals surface area (Å²) in [6, 6.07) is 0.178. The van der Waals surface area contributed by atoms with Crippen molar-refractivity contribution < 1.29 is 9.53 Å². The Kier molecular flexibility index (Phi) is 2.31. The SMILES string of the molecule is CCC1NC(=O)OC1C(C)(C)C. The van der Waals surface area contributed by atoms with E-state index < -0.39 is 0 Å². The second-order valence-electron chi connectivity index (χ2n) is 4.35. The van der Waals surface area contributed by atoms with Crippen molar-refractivity contribution >= 4 is 6.09 Å². The number of hydrogen-bond acceptors (Lipinski definition) is 2. The predicted octanol–water partition coefficient (Wildman–Crippen LogP) is 1.92. The lowest BCUT2D eigenvalue weighted by atomic mass is 9.84. The molecule has 0 radical (unpaired) electrons. The van der Waals surface area contributed by atoms with E-state index in [4.69, 9.17) is 4.74 Å². The number of alkyl carbamates (subject to hydrolysis) is 1. The molecule has 2 unspecified atom stereocenters. The minimum absolute atomic E-state index is 0.00926. The summed E-state index contributed by atoms with van der Waals surface area (Å²) in [6.45, 7) is 8.31. The molecule has 0 aromatic carbocycles. The maximum atomic E-state index is 10.9. The molecule has 0 saturated carbocycles. The first kappa shape index (κ1) is 9.36. The molecule has 1 N–H and O–H groups in total. The number of ether oxygens (including phenoxy) is 1. The Labute approximate surface area is 73.5 Å². The van der Waals surface area contributed by atoms with E-state index in [9.17, 15) is 4.79 Å². The van der Waals surface area contributed by atoms with Crippen molar-refractivity contribution in [2.75, 3.05) is 0 Å². The predicted molar refractivity (Wildman–Crippen MR) is 46.9 cm³/mol. The highest BCUT2D eigenvalue weighted by atomic mass is 16.6. The topological polar surface area (TPSA) is 38.3 Å². The number of rotatable bonds is 1. The summed E-state index contributed by atoms with van der Waals surface area (Å²) in [5, 5.41) is 2.80. The van der Waals surface area contributed by atoms with Gasteiger partial charge in [0.25, 0.3) is 0 Å². The van der Waals surface area contributed by atoms with Crippen LogP contribution in [-0.4, -0.2) is 18.2 Å². The number of nitrogens with one attached hydrogen (secondary N) is 1. The first-order chi connectivity index (χ1) is 5.45. The fraction of sp³-hybridized carbons (Fsp3) is 0.889. The fourth-order valence-electron chi connectivity index (χ4n) is 1.56. The Bertz CT molecular complexity index is 183. The summed E-state index contributed by atoms with van der Waals surface area (Å²) in [4.78, 5) is 10.9. The Morgan fingerprint density at radius 2 is 2.08 bits per heavy atom. The zero-order valence-corrected chi connectivity index (χ0v) is 8.18. The Morgan fingerprint density at radius 1 is 1.50 bits per heavy atom. The third kappa shape index (κ3) is 1.71. The second-order valence-corrected chi connectivity index (χ2v) is 4.35. The molecule has 3 heteroatoms. The van der Waals surface area contributed by atoms with Gasteiger partial charge in [-0.05, 0) is 6.42 Å². The first-order valence-electron chi connectivity index (χ1n) is 4.42. The van der Waals surface area contributed by atoms with Crippen LogP contribution in [0.2, 0.25) is 0 Å². The second kappa shape index (κ2) is 2.96. The zero-order chi connectivity index (χ0) is 9.35. The summed E-state index contributed by atoms with van der Waals surface area (Å²) < 4.78 is 5.18. The number of amides is 1. The third-order valence-corrected chi connectivity index (χ3v) is 2.20. The monoisotopic (exact) mass is 171 g/mol. The molecule has 1 aliphatic heterocycles. The van der Waals surface area contributed by atoms with Gasteiger partial charge in [-0.25, -0.2) is 4.79 Å². The molecular weight excluding hydrogens is 154 g/mol. The molecular formula is C9H17NO2. The van der Waals surface area contributed by atoms with Crippen LogP contribution in [0.3, 0.4) is 0 Å². The van der Waals surface area contributed by atoms with E-state index in [-0.39, 0.29) is 23.7 Å². The zero-order valence-electron chi connectivity index (χ0n) is 8.18. The van der Waals surface area contributed by atoms with Crippen LogP contribution in [0, 0.1) is 5.41 Å². The quantitative estimate of drug-likeness (QED) is 0.654. The summed E-state index contributed by atoms with van der Waals surface area (Å²) in [5.41, 5.74) is 0.0276. The van der Waals surface area contributed by atoms with Crippen LogP contribution >= 0.6 is 0 Å². The van der Waals surface area contributed by atoms with Gasteiger partial charge in [0.1, 0.15) is 6.10 Å². The molecule has 0 aromatic rings. The lowest BCUT2D eigenvalue weighted by Gasteiger charge is -2.28. The maximum absolute atomic E-state index is 10.9. The number of carbonyl (C=O) groups excluding carboxylic acids is 1. The van der Waals surface area contributed by atoms with E-state index >= 15 is 0 Å². The van der Waals surface area contributed by atoms with Gasteiger partial charge in [0.2, 0.25) is 0 Å². The smallest absolute Gasteiger partial charge is 0.407 e. The molecule has 0 spiro atoms. The summed E-state index contributed by atoms with van der Waals surface area (Å²) in [5.74, 6) is 0. The third-order valence-electron chi connectivity index (χ3n) is 2.20. The van der Waals surface area contributed by atoms with Crippen LogP contribution in [0.4, 0.5) is 4.79 Å². The van der Waals surface area contributed by atoms with Crippen molar-refractivity contribution in [2.24, 2.45) is 5.41 Å². The van der Waals surface area contributed by atoms with Gasteiger partial charge in [-0.15, -0.1) is 0 Å². The van der Waals surface area contributed by atoms with E-state index in [0.29, 0.717) is 0 Å². The average Bonchev–Trinajstić information content (AvgIpc) is 2.29. The normalized spacial score (nSPS) is 29.8. The van der Waals surface area contributed by atoms with Crippen molar-refractivity contribution in [1.29, 1.82) is 0 Å². The van der Waals surface area contributed by atoms with Crippen molar-refractivity contribution in [3.8, 4) is 0 Å². The van der Waals surface area contributed by atoms with Crippen LogP contribution in [0.25, 0.3) is 0 Å². The molecule has 0 aliphatic carbocycles. The Hall–Kier alpha value is -0.730. The van der Waals surface area contributed by atoms with Crippen molar-refractivity contribution in [1.82, 2.24) is 5.32 Å². The highest BCUT2D eigenvalue weighted by Gasteiger charge is 2.40. The van der Waals surface area contributed by atoms with Crippen molar-refractivity contribution in [2.45, 2.75) is 46.3 Å². The highest BCUT2D eigenvalue weighted by molar-refractivity contribution is 5.70. The van der Waals surface area contributed by atoms with Gasteiger partial charge in [0, 0.05) is 5.41 Å². The van der Waals surface area contributed by atoms with Crippen LogP contribution in [-0.2, 0) is 4.74 Å². The minimum atomic E-state index is -0.276. The average molecular weight is 171 g/mol. The summed E-state index contributed by atoms with van der Waals surface area (Å²) in [7, 11) is 0. The van der Waals surface area contributed by atoms with E-state index in [1.165, 1.54) is 0 Å². The van der Waals surface area contributed by atoms with E-state index in [1.807, 2.05) is 0 Å².